The number of benzene rings is 2. The van der Waals surface area contributed by atoms with Crippen LogP contribution in [0.2, 0.25) is 0 Å². The third-order valence-corrected chi connectivity index (χ3v) is 5.63. The van der Waals surface area contributed by atoms with E-state index in [2.05, 4.69) is 4.98 Å². The normalized spacial score (nSPS) is 11.5. The predicted molar refractivity (Wildman–Crippen MR) is 93.9 cm³/mol. The van der Waals surface area contributed by atoms with Gasteiger partial charge in [0.05, 0.1) is 11.3 Å². The van der Waals surface area contributed by atoms with E-state index in [-0.39, 0.29) is 5.12 Å². The van der Waals surface area contributed by atoms with Crippen LogP contribution in [0.5, 0.6) is 0 Å². The molecule has 0 unspecified atom stereocenters. The Morgan fingerprint density at radius 3 is 2.28 bits per heavy atom. The first-order chi connectivity index (χ1) is 11.8. The maximum atomic E-state index is 12.6. The van der Waals surface area contributed by atoms with Gasteiger partial charge in [-0.25, -0.2) is 4.98 Å². The van der Waals surface area contributed by atoms with Gasteiger partial charge in [0.2, 0.25) is 5.12 Å². The maximum Gasteiger partial charge on any atom is 0.416 e. The molecule has 0 aliphatic carbocycles. The quantitative estimate of drug-likeness (QED) is 0.517. The highest BCUT2D eigenvalue weighted by molar-refractivity contribution is 8.14. The van der Waals surface area contributed by atoms with E-state index in [9.17, 15) is 18.0 Å². The number of aromatic nitrogens is 1. The predicted octanol–water partition coefficient (Wildman–Crippen LogP) is 6.07. The summed E-state index contributed by atoms with van der Waals surface area (Å²) in [5.41, 5.74) is 0.812. The van der Waals surface area contributed by atoms with Crippen molar-refractivity contribution in [3.8, 4) is 10.6 Å². The Bertz CT molecular complexity index is 887. The number of rotatable bonds is 3. The molecule has 7 heteroatoms. The molecule has 0 N–H and O–H groups in total. The lowest BCUT2D eigenvalue weighted by atomic mass is 10.2. The first kappa shape index (κ1) is 17.7. The van der Waals surface area contributed by atoms with Crippen LogP contribution >= 0.6 is 23.1 Å². The SMILES string of the molecule is Cc1nc(-c2ccccc2)sc1C(=O)Sc1ccc(C(F)(F)F)cc1. The van der Waals surface area contributed by atoms with Crippen molar-refractivity contribution in [1.82, 2.24) is 4.98 Å². The summed E-state index contributed by atoms with van der Waals surface area (Å²) < 4.78 is 37.8. The van der Waals surface area contributed by atoms with Crippen LogP contribution < -0.4 is 0 Å². The topological polar surface area (TPSA) is 30.0 Å². The Balaban J connectivity index is 1.79. The molecule has 0 fully saturated rings. The van der Waals surface area contributed by atoms with Crippen molar-refractivity contribution >= 4 is 28.2 Å². The van der Waals surface area contributed by atoms with Crippen LogP contribution in [-0.4, -0.2) is 10.1 Å². The molecule has 0 saturated carbocycles. The minimum Gasteiger partial charge on any atom is -0.280 e. The van der Waals surface area contributed by atoms with Gasteiger partial charge in [-0.3, -0.25) is 4.79 Å². The number of nitrogens with zero attached hydrogens (tertiary/aromatic N) is 1. The molecular formula is C18H12F3NOS2. The average molecular weight is 379 g/mol. The van der Waals surface area contributed by atoms with Gasteiger partial charge in [-0.2, -0.15) is 13.2 Å². The average Bonchev–Trinajstić information content (AvgIpc) is 2.97. The first-order valence-electron chi connectivity index (χ1n) is 7.27. The number of aryl methyl sites for hydroxylation is 1. The second-order valence-corrected chi connectivity index (χ2v) is 7.26. The second kappa shape index (κ2) is 7.01. The van der Waals surface area contributed by atoms with E-state index in [1.54, 1.807) is 6.92 Å². The van der Waals surface area contributed by atoms with E-state index in [0.717, 1.165) is 34.5 Å². The highest BCUT2D eigenvalue weighted by atomic mass is 32.2. The molecular weight excluding hydrogens is 367 g/mol. The number of halogens is 3. The van der Waals surface area contributed by atoms with Crippen LogP contribution in [0.1, 0.15) is 20.9 Å². The zero-order valence-electron chi connectivity index (χ0n) is 13.0. The van der Waals surface area contributed by atoms with Crippen LogP contribution in [0.15, 0.2) is 59.5 Å². The lowest BCUT2D eigenvalue weighted by molar-refractivity contribution is -0.137. The van der Waals surface area contributed by atoms with Gasteiger partial charge >= 0.3 is 6.18 Å². The number of thiazole rings is 1. The highest BCUT2D eigenvalue weighted by Crippen LogP contribution is 2.34. The van der Waals surface area contributed by atoms with Gasteiger partial charge in [0.25, 0.3) is 0 Å². The Labute approximate surface area is 150 Å². The molecule has 0 aliphatic rings. The molecule has 1 aromatic heterocycles. The Morgan fingerprint density at radius 1 is 1.04 bits per heavy atom. The molecule has 3 aromatic rings. The van der Waals surface area contributed by atoms with Crippen molar-refractivity contribution < 1.29 is 18.0 Å². The largest absolute Gasteiger partial charge is 0.416 e. The van der Waals surface area contributed by atoms with Crippen molar-refractivity contribution in [3.63, 3.8) is 0 Å². The number of thioether (sulfide) groups is 1. The molecule has 0 radical (unpaired) electrons. The first-order valence-corrected chi connectivity index (χ1v) is 8.90. The third-order valence-electron chi connectivity index (χ3n) is 3.39. The molecule has 2 aromatic carbocycles. The summed E-state index contributed by atoms with van der Waals surface area (Å²) >= 11 is 2.19. The lowest BCUT2D eigenvalue weighted by Gasteiger charge is -2.06. The summed E-state index contributed by atoms with van der Waals surface area (Å²) in [4.78, 5) is 17.9. The van der Waals surface area contributed by atoms with Gasteiger partial charge in [0, 0.05) is 10.5 Å². The number of hydrogen-bond acceptors (Lipinski definition) is 4. The zero-order chi connectivity index (χ0) is 18.0. The maximum absolute atomic E-state index is 12.6. The molecule has 25 heavy (non-hydrogen) atoms. The summed E-state index contributed by atoms with van der Waals surface area (Å²) in [5, 5.41) is 0.520. The van der Waals surface area contributed by atoms with Crippen LogP contribution in [0.4, 0.5) is 13.2 Å². The van der Waals surface area contributed by atoms with E-state index in [1.165, 1.54) is 23.5 Å². The minimum absolute atomic E-state index is 0.225. The molecule has 0 spiro atoms. The Kier molecular flexibility index (Phi) is 4.96. The van der Waals surface area contributed by atoms with E-state index in [0.29, 0.717) is 15.5 Å². The molecule has 3 rings (SSSR count). The second-order valence-electron chi connectivity index (χ2n) is 5.21. The molecule has 0 saturated heterocycles. The molecule has 0 atom stereocenters. The minimum atomic E-state index is -4.38. The number of hydrogen-bond donors (Lipinski definition) is 0. The summed E-state index contributed by atoms with van der Waals surface area (Å²) in [7, 11) is 0. The highest BCUT2D eigenvalue weighted by Gasteiger charge is 2.30. The summed E-state index contributed by atoms with van der Waals surface area (Å²) in [6.45, 7) is 1.75. The molecule has 0 bridgehead atoms. The Morgan fingerprint density at radius 2 is 1.68 bits per heavy atom. The fraction of sp³-hybridized carbons (Fsp3) is 0.111. The Hall–Kier alpha value is -2.12. The zero-order valence-corrected chi connectivity index (χ0v) is 14.6. The molecule has 0 amide bonds. The van der Waals surface area contributed by atoms with Crippen molar-refractivity contribution in [2.75, 3.05) is 0 Å². The van der Waals surface area contributed by atoms with E-state index >= 15 is 0 Å². The van der Waals surface area contributed by atoms with E-state index < -0.39 is 11.7 Å². The molecule has 128 valence electrons. The van der Waals surface area contributed by atoms with Crippen LogP contribution in [0.3, 0.4) is 0 Å². The monoisotopic (exact) mass is 379 g/mol. The smallest absolute Gasteiger partial charge is 0.280 e. The van der Waals surface area contributed by atoms with Crippen molar-refractivity contribution in [1.29, 1.82) is 0 Å². The van der Waals surface area contributed by atoms with Gasteiger partial charge in [-0.1, -0.05) is 30.3 Å². The lowest BCUT2D eigenvalue weighted by Crippen LogP contribution is -2.04. The summed E-state index contributed by atoms with van der Waals surface area (Å²) in [6.07, 6.45) is -4.38. The van der Waals surface area contributed by atoms with Crippen molar-refractivity contribution in [2.24, 2.45) is 0 Å². The van der Waals surface area contributed by atoms with Gasteiger partial charge in [-0.05, 0) is 43.0 Å². The molecule has 2 nitrogen and oxygen atoms in total. The third kappa shape index (κ3) is 4.11. The van der Waals surface area contributed by atoms with Gasteiger partial charge in [0.15, 0.2) is 0 Å². The van der Waals surface area contributed by atoms with Crippen molar-refractivity contribution in [3.05, 3.63) is 70.7 Å². The summed E-state index contributed by atoms with van der Waals surface area (Å²) in [5.74, 6) is 0. The van der Waals surface area contributed by atoms with Crippen LogP contribution in [0, 0.1) is 6.92 Å². The summed E-state index contributed by atoms with van der Waals surface area (Å²) in [6, 6.07) is 14.1. The van der Waals surface area contributed by atoms with E-state index in [4.69, 9.17) is 0 Å². The van der Waals surface area contributed by atoms with Crippen LogP contribution in [0.25, 0.3) is 10.6 Å². The fourth-order valence-corrected chi connectivity index (χ4v) is 4.04. The number of carbonyl (C=O) groups excluding carboxylic acids is 1. The van der Waals surface area contributed by atoms with Crippen LogP contribution in [-0.2, 0) is 6.18 Å². The van der Waals surface area contributed by atoms with Gasteiger partial charge in [-0.15, -0.1) is 11.3 Å². The number of carbonyl (C=O) groups is 1. The van der Waals surface area contributed by atoms with Gasteiger partial charge in [0.1, 0.15) is 9.88 Å². The number of alkyl halides is 3. The molecule has 0 aliphatic heterocycles. The fourth-order valence-electron chi connectivity index (χ4n) is 2.16. The van der Waals surface area contributed by atoms with Crippen molar-refractivity contribution in [2.45, 2.75) is 18.0 Å². The van der Waals surface area contributed by atoms with E-state index in [1.807, 2.05) is 30.3 Å². The standard InChI is InChI=1S/C18H12F3NOS2/c1-11-15(25-16(22-11)12-5-3-2-4-6-12)17(23)24-14-9-7-13(8-10-14)18(19,20)21/h2-10H,1H3. The molecule has 1 heterocycles. The van der Waals surface area contributed by atoms with Gasteiger partial charge < -0.3 is 0 Å².